The summed E-state index contributed by atoms with van der Waals surface area (Å²) in [5.41, 5.74) is 1.45. The van der Waals surface area contributed by atoms with Crippen molar-refractivity contribution >= 4 is 0 Å². The van der Waals surface area contributed by atoms with Gasteiger partial charge in [0.05, 0.1) is 0 Å². The van der Waals surface area contributed by atoms with Crippen LogP contribution in [0.15, 0.2) is 43.0 Å². The molecular formula is C15H21N3. The first kappa shape index (κ1) is 12.8. The topological polar surface area (TPSA) is 30.7 Å². The molecule has 0 saturated heterocycles. The number of benzene rings is 1. The maximum atomic E-state index is 4.17. The van der Waals surface area contributed by atoms with E-state index in [1.807, 2.05) is 4.68 Å². The van der Waals surface area contributed by atoms with Crippen LogP contribution in [-0.4, -0.2) is 14.8 Å². The summed E-state index contributed by atoms with van der Waals surface area (Å²) in [6.07, 6.45) is 8.33. The van der Waals surface area contributed by atoms with Crippen LogP contribution in [0.1, 0.15) is 44.1 Å². The number of unbranched alkanes of at least 4 members (excludes halogenated alkanes) is 1. The molecule has 3 heteroatoms. The van der Waals surface area contributed by atoms with Gasteiger partial charge in [-0.15, -0.1) is 0 Å². The SMILES string of the molecule is CCCC[C@@H](CCn1cncn1)c1ccccc1. The largest absolute Gasteiger partial charge is 0.253 e. The third-order valence-corrected chi connectivity index (χ3v) is 3.35. The molecule has 0 aliphatic heterocycles. The molecule has 0 N–H and O–H groups in total. The van der Waals surface area contributed by atoms with E-state index < -0.39 is 0 Å². The Hall–Kier alpha value is -1.64. The predicted molar refractivity (Wildman–Crippen MR) is 73.3 cm³/mol. The first-order chi connectivity index (χ1) is 8.90. The van der Waals surface area contributed by atoms with Gasteiger partial charge in [-0.25, -0.2) is 4.98 Å². The monoisotopic (exact) mass is 243 g/mol. The van der Waals surface area contributed by atoms with Crippen molar-refractivity contribution in [1.29, 1.82) is 0 Å². The van der Waals surface area contributed by atoms with Crippen molar-refractivity contribution in [2.45, 2.75) is 45.1 Å². The highest BCUT2D eigenvalue weighted by atomic mass is 15.3. The molecule has 96 valence electrons. The number of aromatic nitrogens is 3. The van der Waals surface area contributed by atoms with Crippen LogP contribution in [0, 0.1) is 0 Å². The molecule has 1 atom stereocenters. The molecule has 3 nitrogen and oxygen atoms in total. The summed E-state index contributed by atoms with van der Waals surface area (Å²) in [4.78, 5) is 3.99. The summed E-state index contributed by atoms with van der Waals surface area (Å²) < 4.78 is 1.92. The number of rotatable bonds is 7. The molecule has 0 aliphatic rings. The van der Waals surface area contributed by atoms with Crippen LogP contribution in [0.2, 0.25) is 0 Å². The van der Waals surface area contributed by atoms with E-state index in [1.165, 1.54) is 24.8 Å². The minimum absolute atomic E-state index is 0.635. The molecule has 0 amide bonds. The quantitative estimate of drug-likeness (QED) is 0.743. The summed E-state index contributed by atoms with van der Waals surface area (Å²) >= 11 is 0. The highest BCUT2D eigenvalue weighted by Crippen LogP contribution is 2.25. The minimum Gasteiger partial charge on any atom is -0.253 e. The van der Waals surface area contributed by atoms with Crippen molar-refractivity contribution in [3.63, 3.8) is 0 Å². The number of hydrogen-bond donors (Lipinski definition) is 0. The molecule has 0 radical (unpaired) electrons. The summed E-state index contributed by atoms with van der Waals surface area (Å²) in [6.45, 7) is 3.20. The van der Waals surface area contributed by atoms with E-state index in [4.69, 9.17) is 0 Å². The van der Waals surface area contributed by atoms with Crippen LogP contribution in [-0.2, 0) is 6.54 Å². The van der Waals surface area contributed by atoms with Crippen LogP contribution in [0.25, 0.3) is 0 Å². The van der Waals surface area contributed by atoms with Crippen molar-refractivity contribution < 1.29 is 0 Å². The number of aryl methyl sites for hydroxylation is 1. The first-order valence-corrected chi connectivity index (χ1v) is 6.77. The Labute approximate surface area is 109 Å². The van der Waals surface area contributed by atoms with Crippen molar-refractivity contribution in [2.75, 3.05) is 0 Å². The van der Waals surface area contributed by atoms with E-state index in [1.54, 1.807) is 12.7 Å². The van der Waals surface area contributed by atoms with Crippen LogP contribution in [0.3, 0.4) is 0 Å². The lowest BCUT2D eigenvalue weighted by atomic mass is 9.91. The molecule has 0 saturated carbocycles. The summed E-state index contributed by atoms with van der Waals surface area (Å²) in [5.74, 6) is 0.635. The predicted octanol–water partition coefficient (Wildman–Crippen LogP) is 3.64. The Morgan fingerprint density at radius 3 is 2.67 bits per heavy atom. The lowest BCUT2D eigenvalue weighted by Crippen LogP contribution is -2.06. The summed E-state index contributed by atoms with van der Waals surface area (Å²) in [6, 6.07) is 10.8. The van der Waals surface area contributed by atoms with Crippen LogP contribution < -0.4 is 0 Å². The highest BCUT2D eigenvalue weighted by molar-refractivity contribution is 5.19. The molecule has 1 aromatic heterocycles. The molecule has 0 fully saturated rings. The molecule has 0 bridgehead atoms. The normalized spacial score (nSPS) is 12.5. The lowest BCUT2D eigenvalue weighted by Gasteiger charge is -2.17. The van der Waals surface area contributed by atoms with E-state index in [0.29, 0.717) is 5.92 Å². The van der Waals surface area contributed by atoms with E-state index in [9.17, 15) is 0 Å². The van der Waals surface area contributed by atoms with Gasteiger partial charge in [0.2, 0.25) is 0 Å². The van der Waals surface area contributed by atoms with Gasteiger partial charge in [0.15, 0.2) is 0 Å². The second kappa shape index (κ2) is 6.94. The van der Waals surface area contributed by atoms with Gasteiger partial charge >= 0.3 is 0 Å². The zero-order chi connectivity index (χ0) is 12.6. The average molecular weight is 243 g/mol. The zero-order valence-electron chi connectivity index (χ0n) is 11.0. The molecule has 0 aliphatic carbocycles. The number of nitrogens with zero attached hydrogens (tertiary/aromatic N) is 3. The van der Waals surface area contributed by atoms with Gasteiger partial charge in [0.1, 0.15) is 12.7 Å². The van der Waals surface area contributed by atoms with Gasteiger partial charge < -0.3 is 0 Å². The van der Waals surface area contributed by atoms with Gasteiger partial charge in [0.25, 0.3) is 0 Å². The molecule has 0 spiro atoms. The van der Waals surface area contributed by atoms with Crippen molar-refractivity contribution in [3.8, 4) is 0 Å². The Kier molecular flexibility index (Phi) is 4.94. The first-order valence-electron chi connectivity index (χ1n) is 6.77. The Bertz CT molecular complexity index is 422. The fraction of sp³-hybridized carbons (Fsp3) is 0.467. The Morgan fingerprint density at radius 1 is 1.17 bits per heavy atom. The molecule has 1 heterocycles. The van der Waals surface area contributed by atoms with E-state index in [0.717, 1.165) is 13.0 Å². The molecule has 1 aromatic carbocycles. The zero-order valence-corrected chi connectivity index (χ0v) is 11.0. The number of hydrogen-bond acceptors (Lipinski definition) is 2. The third kappa shape index (κ3) is 3.69. The van der Waals surface area contributed by atoms with Gasteiger partial charge in [0, 0.05) is 6.54 Å². The maximum absolute atomic E-state index is 4.17. The second-order valence-corrected chi connectivity index (χ2v) is 4.70. The van der Waals surface area contributed by atoms with Crippen molar-refractivity contribution in [3.05, 3.63) is 48.5 Å². The molecule has 18 heavy (non-hydrogen) atoms. The standard InChI is InChI=1S/C15H21N3/c1-2-3-7-15(14-8-5-4-6-9-14)10-11-18-13-16-12-17-18/h4-6,8-9,12-13,15H,2-3,7,10-11H2,1H3/t15-/m0/s1. The van der Waals surface area contributed by atoms with Gasteiger partial charge in [-0.3, -0.25) is 4.68 Å². The average Bonchev–Trinajstić information content (AvgIpc) is 2.93. The lowest BCUT2D eigenvalue weighted by molar-refractivity contribution is 0.479. The fourth-order valence-corrected chi connectivity index (χ4v) is 2.29. The van der Waals surface area contributed by atoms with Crippen molar-refractivity contribution in [2.24, 2.45) is 0 Å². The molecule has 2 rings (SSSR count). The minimum atomic E-state index is 0.635. The fourth-order valence-electron chi connectivity index (χ4n) is 2.29. The smallest absolute Gasteiger partial charge is 0.137 e. The maximum Gasteiger partial charge on any atom is 0.137 e. The van der Waals surface area contributed by atoms with Gasteiger partial charge in [-0.2, -0.15) is 5.10 Å². The van der Waals surface area contributed by atoms with Crippen LogP contribution in [0.5, 0.6) is 0 Å². The Balaban J connectivity index is 1.96. The van der Waals surface area contributed by atoms with E-state index in [-0.39, 0.29) is 0 Å². The Morgan fingerprint density at radius 2 is 2.00 bits per heavy atom. The second-order valence-electron chi connectivity index (χ2n) is 4.70. The van der Waals surface area contributed by atoms with E-state index in [2.05, 4.69) is 47.3 Å². The van der Waals surface area contributed by atoms with Crippen LogP contribution in [0.4, 0.5) is 0 Å². The van der Waals surface area contributed by atoms with E-state index >= 15 is 0 Å². The van der Waals surface area contributed by atoms with Crippen LogP contribution >= 0.6 is 0 Å². The van der Waals surface area contributed by atoms with Gasteiger partial charge in [-0.05, 0) is 24.3 Å². The summed E-state index contributed by atoms with van der Waals surface area (Å²) in [7, 11) is 0. The summed E-state index contributed by atoms with van der Waals surface area (Å²) in [5, 5.41) is 4.17. The molecular weight excluding hydrogens is 222 g/mol. The molecule has 0 unspecified atom stereocenters. The third-order valence-electron chi connectivity index (χ3n) is 3.35. The van der Waals surface area contributed by atoms with Crippen molar-refractivity contribution in [1.82, 2.24) is 14.8 Å². The highest BCUT2D eigenvalue weighted by Gasteiger charge is 2.10. The van der Waals surface area contributed by atoms with Gasteiger partial charge in [-0.1, -0.05) is 50.1 Å². The molecule has 2 aromatic rings.